The summed E-state index contributed by atoms with van der Waals surface area (Å²) in [6, 6.07) is 34.0. The number of hydrogen-bond acceptors (Lipinski definition) is 11. The monoisotopic (exact) mass is 948 g/mol. The van der Waals surface area contributed by atoms with E-state index < -0.39 is 0 Å². The van der Waals surface area contributed by atoms with E-state index in [0.29, 0.717) is 11.4 Å². The number of aromatic nitrogens is 6. The number of imidazole rings is 2. The number of pyridine rings is 2. The molecule has 0 unspecified atom stereocenters. The van der Waals surface area contributed by atoms with Crippen LogP contribution in [0.4, 0.5) is 11.4 Å². The van der Waals surface area contributed by atoms with E-state index >= 15 is 0 Å². The summed E-state index contributed by atoms with van der Waals surface area (Å²) in [5, 5.41) is 2.43. The van der Waals surface area contributed by atoms with Crippen LogP contribution in [0.2, 0.25) is 0 Å². The maximum absolute atomic E-state index is 14.3. The van der Waals surface area contributed by atoms with Gasteiger partial charge >= 0.3 is 0 Å². The zero-order chi connectivity index (χ0) is 44.3. The number of halogens is 2. The minimum atomic E-state index is -0.230. The molecule has 4 aliphatic heterocycles. The number of rotatable bonds is 10. The van der Waals surface area contributed by atoms with Crippen LogP contribution in [0, 0.1) is 13.8 Å². The minimum Gasteiger partial charge on any atom is -0.485 e. The van der Waals surface area contributed by atoms with Crippen molar-refractivity contribution >= 4 is 63.8 Å². The molecule has 348 valence electrons. The maximum Gasteiger partial charge on any atom is 0.233 e. The Morgan fingerprint density at radius 2 is 0.926 bits per heavy atom. The molecule has 12 rings (SSSR count). The number of nitrogens with zero attached hydrogens (tertiary/aromatic N) is 10. The topological polar surface area (TPSA) is 110 Å². The van der Waals surface area contributed by atoms with Crippen LogP contribution in [0.1, 0.15) is 50.1 Å². The second-order valence-corrected chi connectivity index (χ2v) is 18.0. The smallest absolute Gasteiger partial charge is 0.233 e. The largest absolute Gasteiger partial charge is 0.485 e. The van der Waals surface area contributed by atoms with Gasteiger partial charge in [-0.2, -0.15) is 0 Å². The molecule has 4 aromatic carbocycles. The number of anilines is 2. The van der Waals surface area contributed by atoms with E-state index in [9.17, 15) is 4.79 Å². The number of benzene rings is 4. The van der Waals surface area contributed by atoms with Gasteiger partial charge in [-0.15, -0.1) is 24.8 Å². The number of carbonyl (C=O) groups is 1. The van der Waals surface area contributed by atoms with Crippen molar-refractivity contribution in [2.24, 2.45) is 0 Å². The van der Waals surface area contributed by atoms with E-state index in [4.69, 9.17) is 19.4 Å². The Hall–Kier alpha value is -6.51. The quantitative estimate of drug-likeness (QED) is 0.124. The molecule has 0 radical (unpaired) electrons. The number of carbonyl (C=O) groups excluding carboxylic acids is 1. The molecule has 0 bridgehead atoms. The van der Waals surface area contributed by atoms with Crippen LogP contribution in [-0.2, 0) is 26.1 Å². The highest BCUT2D eigenvalue weighted by molar-refractivity contribution is 6.08. The van der Waals surface area contributed by atoms with Crippen molar-refractivity contribution in [2.45, 2.75) is 39.9 Å². The Kier molecular flexibility index (Phi) is 12.6. The van der Waals surface area contributed by atoms with E-state index in [-0.39, 0.29) is 43.8 Å². The van der Waals surface area contributed by atoms with Gasteiger partial charge < -0.3 is 19.3 Å². The fourth-order valence-electron chi connectivity index (χ4n) is 10.5. The van der Waals surface area contributed by atoms with Crippen molar-refractivity contribution in [1.82, 2.24) is 38.9 Å². The molecule has 8 aromatic rings. The zero-order valence-corrected chi connectivity index (χ0v) is 39.9. The Balaban J connectivity index is 0.00000269. The maximum atomic E-state index is 14.3. The van der Waals surface area contributed by atoms with E-state index in [0.717, 1.165) is 146 Å². The summed E-state index contributed by atoms with van der Waals surface area (Å²) in [5.74, 6) is 1.48. The fourth-order valence-corrected chi connectivity index (χ4v) is 10.5. The molecule has 0 spiro atoms. The van der Waals surface area contributed by atoms with Gasteiger partial charge in [0.2, 0.25) is 5.78 Å². The summed E-state index contributed by atoms with van der Waals surface area (Å²) in [7, 11) is 0. The number of fused-ring (bicyclic) bond motifs is 8. The second-order valence-electron chi connectivity index (χ2n) is 18.0. The fraction of sp³-hybridized carbons (Fsp3) is 0.302. The third-order valence-corrected chi connectivity index (χ3v) is 14.1. The van der Waals surface area contributed by atoms with E-state index in [2.05, 4.69) is 114 Å². The third-order valence-electron chi connectivity index (χ3n) is 14.1. The molecule has 0 N–H and O–H groups in total. The van der Waals surface area contributed by atoms with Crippen LogP contribution < -0.4 is 19.3 Å². The Morgan fingerprint density at radius 3 is 1.37 bits per heavy atom. The van der Waals surface area contributed by atoms with E-state index in [1.54, 1.807) is 12.7 Å². The average molecular weight is 950 g/mol. The molecule has 68 heavy (non-hydrogen) atoms. The van der Waals surface area contributed by atoms with Crippen molar-refractivity contribution in [3.05, 3.63) is 155 Å². The molecule has 4 aromatic heterocycles. The van der Waals surface area contributed by atoms with Gasteiger partial charge in [-0.05, 0) is 98.5 Å². The van der Waals surface area contributed by atoms with E-state index in [1.807, 2.05) is 35.1 Å². The van der Waals surface area contributed by atoms with Crippen LogP contribution >= 0.6 is 24.8 Å². The van der Waals surface area contributed by atoms with Crippen molar-refractivity contribution in [2.75, 3.05) is 75.2 Å². The molecule has 13 nitrogen and oxygen atoms in total. The number of para-hydroxylation sites is 2. The predicted molar refractivity (Wildman–Crippen MR) is 271 cm³/mol. The molecular weight excluding hydrogens is 896 g/mol. The summed E-state index contributed by atoms with van der Waals surface area (Å²) in [4.78, 5) is 43.2. The first kappa shape index (κ1) is 45.3. The van der Waals surface area contributed by atoms with Crippen molar-refractivity contribution in [3.8, 4) is 22.9 Å². The highest BCUT2D eigenvalue weighted by Crippen LogP contribution is 2.38. The van der Waals surface area contributed by atoms with Gasteiger partial charge in [0.1, 0.15) is 48.8 Å². The molecule has 0 aliphatic carbocycles. The second kappa shape index (κ2) is 18.9. The Morgan fingerprint density at radius 1 is 0.515 bits per heavy atom. The van der Waals surface area contributed by atoms with E-state index in [1.165, 1.54) is 22.1 Å². The highest BCUT2D eigenvalue weighted by Gasteiger charge is 2.32. The highest BCUT2D eigenvalue weighted by atomic mass is 35.5. The summed E-state index contributed by atoms with van der Waals surface area (Å²) in [6.07, 6.45) is 5.23. The van der Waals surface area contributed by atoms with Gasteiger partial charge in [0.05, 0.1) is 33.8 Å². The average Bonchev–Trinajstić information content (AvgIpc) is 4.00. The van der Waals surface area contributed by atoms with Crippen LogP contribution in [-0.4, -0.2) is 110 Å². The lowest BCUT2D eigenvalue weighted by atomic mass is 10.1. The SMILES string of the molecule is Cc1ccc2c(N3CCN(CCc4cccc5c4OCc4c(C(=O)c6ncn7c6COc6c(CCN8CCN(c9cccc%10nc(C)ccc9%10)CC8)cccc6-7)ncn4-5)CC3)cccc2n1.Cl.Cl. The zero-order valence-electron chi connectivity index (χ0n) is 38.3. The first-order chi connectivity index (χ1) is 32.4. The van der Waals surface area contributed by atoms with Crippen molar-refractivity contribution in [1.29, 1.82) is 0 Å². The first-order valence-corrected chi connectivity index (χ1v) is 23.3. The van der Waals surface area contributed by atoms with Gasteiger partial charge in [0.15, 0.2) is 0 Å². The number of ether oxygens (including phenoxy) is 2. The summed E-state index contributed by atoms with van der Waals surface area (Å²) >= 11 is 0. The van der Waals surface area contributed by atoms with Gasteiger partial charge in [0, 0.05) is 99.0 Å². The Labute approximate surface area is 408 Å². The first-order valence-electron chi connectivity index (χ1n) is 23.3. The standard InChI is InChI=1S/C53H52N10O3.2ClH/c1-35-15-17-39-41(56-35)9-5-11-43(39)60-27-23-58(24-28-60)21-19-37-7-3-13-45-52(37)65-31-47-49(54-33-62(45)47)51(64)50-48-32-66-53-38(8-4-14-46(53)63(48)34-55-50)20-22-59-25-29-61(30-26-59)44-12-6-10-42-40(44)18-16-36(2)57-42;;/h3-18,33-34H,19-32H2,1-2H3;2*1H. The van der Waals surface area contributed by atoms with Gasteiger partial charge in [-0.1, -0.05) is 36.4 Å². The van der Waals surface area contributed by atoms with Crippen molar-refractivity contribution in [3.63, 3.8) is 0 Å². The minimum absolute atomic E-state index is 0. The summed E-state index contributed by atoms with van der Waals surface area (Å²) in [6.45, 7) is 14.3. The molecule has 0 saturated carbocycles. The molecular formula is C53H54Cl2N10O3. The number of aryl methyl sites for hydroxylation is 2. The molecule has 0 amide bonds. The normalized spacial score (nSPS) is 15.6. The molecule has 8 heterocycles. The molecule has 4 aliphatic rings. The van der Waals surface area contributed by atoms with Crippen LogP contribution in [0.5, 0.6) is 11.5 Å². The predicted octanol–water partition coefficient (Wildman–Crippen LogP) is 8.36. The lowest BCUT2D eigenvalue weighted by molar-refractivity contribution is 0.102. The molecule has 15 heteroatoms. The lowest BCUT2D eigenvalue weighted by Gasteiger charge is -2.36. The number of piperazine rings is 2. The molecule has 2 fully saturated rings. The van der Waals surface area contributed by atoms with Crippen molar-refractivity contribution < 1.29 is 14.3 Å². The van der Waals surface area contributed by atoms with Gasteiger partial charge in [0.25, 0.3) is 0 Å². The molecule has 2 saturated heterocycles. The summed E-state index contributed by atoms with van der Waals surface area (Å²) in [5.41, 5.74) is 13.0. The molecule has 0 atom stereocenters. The van der Waals surface area contributed by atoms with Crippen LogP contribution in [0.3, 0.4) is 0 Å². The van der Waals surface area contributed by atoms with Crippen LogP contribution in [0.15, 0.2) is 110 Å². The van der Waals surface area contributed by atoms with Gasteiger partial charge in [-0.25, -0.2) is 9.97 Å². The lowest BCUT2D eigenvalue weighted by Crippen LogP contribution is -2.47. The number of ketones is 1. The number of hydrogen-bond donors (Lipinski definition) is 0. The van der Waals surface area contributed by atoms with Crippen LogP contribution in [0.25, 0.3) is 33.2 Å². The van der Waals surface area contributed by atoms with Gasteiger partial charge in [-0.3, -0.25) is 33.7 Å². The summed E-state index contributed by atoms with van der Waals surface area (Å²) < 4.78 is 17.0. The third kappa shape index (κ3) is 8.21. The Bertz CT molecular complexity index is 2960.